The minimum absolute atomic E-state index is 0.00987. The molecule has 4 heteroatoms. The number of methoxy groups -OCH3 is 1. The molecule has 0 radical (unpaired) electrons. The largest absolute Gasteiger partial charge is 0.497 e. The van der Waals surface area contributed by atoms with Crippen LogP contribution in [-0.2, 0) is 4.74 Å². The molecule has 20 heavy (non-hydrogen) atoms. The van der Waals surface area contributed by atoms with E-state index in [1.165, 1.54) is 26.0 Å². The third-order valence-electron chi connectivity index (χ3n) is 3.64. The second-order valence-corrected chi connectivity index (χ2v) is 5.44. The Bertz CT molecular complexity index is 421. The van der Waals surface area contributed by atoms with Gasteiger partial charge in [0.25, 0.3) is 0 Å². The predicted molar refractivity (Wildman–Crippen MR) is 77.5 cm³/mol. The molecule has 0 amide bonds. The van der Waals surface area contributed by atoms with Gasteiger partial charge >= 0.3 is 0 Å². The van der Waals surface area contributed by atoms with Crippen LogP contribution in [0.5, 0.6) is 5.75 Å². The molecule has 1 unspecified atom stereocenters. The van der Waals surface area contributed by atoms with Crippen molar-refractivity contribution in [3.8, 4) is 5.75 Å². The Labute approximate surface area is 120 Å². The van der Waals surface area contributed by atoms with E-state index in [1.807, 2.05) is 6.92 Å². The van der Waals surface area contributed by atoms with E-state index in [9.17, 15) is 4.39 Å². The molecular formula is C16H24FNO2. The highest BCUT2D eigenvalue weighted by atomic mass is 19.1. The van der Waals surface area contributed by atoms with E-state index in [2.05, 4.69) is 5.32 Å². The van der Waals surface area contributed by atoms with Crippen LogP contribution in [0.2, 0.25) is 0 Å². The second kappa shape index (κ2) is 7.60. The van der Waals surface area contributed by atoms with E-state index in [0.29, 0.717) is 11.3 Å². The topological polar surface area (TPSA) is 30.5 Å². The van der Waals surface area contributed by atoms with Crippen molar-refractivity contribution in [1.82, 2.24) is 5.32 Å². The molecule has 1 N–H and O–H groups in total. The van der Waals surface area contributed by atoms with Gasteiger partial charge in [-0.05, 0) is 44.7 Å². The summed E-state index contributed by atoms with van der Waals surface area (Å²) >= 11 is 0. The lowest BCUT2D eigenvalue weighted by Gasteiger charge is -2.15. The molecule has 1 aliphatic carbocycles. The van der Waals surface area contributed by atoms with Gasteiger partial charge in [0, 0.05) is 30.9 Å². The summed E-state index contributed by atoms with van der Waals surface area (Å²) in [5.74, 6) is 1.14. The minimum atomic E-state index is -0.227. The lowest BCUT2D eigenvalue weighted by atomic mass is 10.1. The first kappa shape index (κ1) is 15.3. The van der Waals surface area contributed by atoms with Crippen LogP contribution in [0.4, 0.5) is 4.39 Å². The van der Waals surface area contributed by atoms with Gasteiger partial charge in [0.05, 0.1) is 7.11 Å². The van der Waals surface area contributed by atoms with Gasteiger partial charge in [-0.1, -0.05) is 6.07 Å². The third-order valence-corrected chi connectivity index (χ3v) is 3.64. The van der Waals surface area contributed by atoms with Gasteiger partial charge in [-0.15, -0.1) is 0 Å². The number of nitrogens with one attached hydrogen (secondary N) is 1. The molecule has 0 aromatic heterocycles. The molecule has 0 bridgehead atoms. The van der Waals surface area contributed by atoms with Crippen LogP contribution in [0.1, 0.15) is 37.8 Å². The molecular weight excluding hydrogens is 257 g/mol. The first-order valence-corrected chi connectivity index (χ1v) is 7.35. The standard InChI is InChI=1S/C16H24FNO2/c1-12(15-7-6-14(19-2)10-16(15)17)18-8-3-9-20-11-13-4-5-13/h6-7,10,12-13,18H,3-5,8-9,11H2,1-2H3. The van der Waals surface area contributed by atoms with Crippen LogP contribution in [0.25, 0.3) is 0 Å². The molecule has 1 aromatic carbocycles. The summed E-state index contributed by atoms with van der Waals surface area (Å²) in [6.07, 6.45) is 3.60. The van der Waals surface area contributed by atoms with E-state index in [1.54, 1.807) is 12.1 Å². The first-order valence-electron chi connectivity index (χ1n) is 7.35. The van der Waals surface area contributed by atoms with Gasteiger partial charge in [-0.3, -0.25) is 0 Å². The zero-order valence-electron chi connectivity index (χ0n) is 12.3. The second-order valence-electron chi connectivity index (χ2n) is 5.44. The molecule has 112 valence electrons. The van der Waals surface area contributed by atoms with E-state index < -0.39 is 0 Å². The van der Waals surface area contributed by atoms with Crippen LogP contribution in [0.3, 0.4) is 0 Å². The number of hydrogen-bond acceptors (Lipinski definition) is 3. The molecule has 0 heterocycles. The molecule has 1 saturated carbocycles. The smallest absolute Gasteiger partial charge is 0.131 e. The SMILES string of the molecule is COc1ccc(C(C)NCCCOCC2CC2)c(F)c1. The number of benzene rings is 1. The lowest BCUT2D eigenvalue weighted by molar-refractivity contribution is 0.121. The Balaban J connectivity index is 1.66. The Morgan fingerprint density at radius 3 is 2.85 bits per heavy atom. The minimum Gasteiger partial charge on any atom is -0.497 e. The first-order chi connectivity index (χ1) is 9.70. The zero-order chi connectivity index (χ0) is 14.4. The fourth-order valence-electron chi connectivity index (χ4n) is 2.12. The van der Waals surface area contributed by atoms with Crippen molar-refractivity contribution in [2.24, 2.45) is 5.92 Å². The van der Waals surface area contributed by atoms with Crippen molar-refractivity contribution in [2.75, 3.05) is 26.9 Å². The van der Waals surface area contributed by atoms with Crippen LogP contribution < -0.4 is 10.1 Å². The highest BCUT2D eigenvalue weighted by Crippen LogP contribution is 2.28. The molecule has 3 nitrogen and oxygen atoms in total. The summed E-state index contributed by atoms with van der Waals surface area (Å²) in [6.45, 7) is 4.48. The molecule has 1 fully saturated rings. The maximum atomic E-state index is 13.9. The molecule has 1 aliphatic rings. The Morgan fingerprint density at radius 2 is 2.20 bits per heavy atom. The lowest BCUT2D eigenvalue weighted by Crippen LogP contribution is -2.22. The van der Waals surface area contributed by atoms with Crippen molar-refractivity contribution >= 4 is 0 Å². The highest BCUT2D eigenvalue weighted by molar-refractivity contribution is 5.30. The van der Waals surface area contributed by atoms with E-state index in [4.69, 9.17) is 9.47 Å². The summed E-state index contributed by atoms with van der Waals surface area (Å²) in [4.78, 5) is 0. The van der Waals surface area contributed by atoms with Crippen molar-refractivity contribution in [3.05, 3.63) is 29.6 Å². The van der Waals surface area contributed by atoms with Gasteiger partial charge in [-0.25, -0.2) is 4.39 Å². The van der Waals surface area contributed by atoms with Gasteiger partial charge < -0.3 is 14.8 Å². The van der Waals surface area contributed by atoms with Crippen molar-refractivity contribution in [1.29, 1.82) is 0 Å². The fourth-order valence-corrected chi connectivity index (χ4v) is 2.12. The van der Waals surface area contributed by atoms with Crippen molar-refractivity contribution in [3.63, 3.8) is 0 Å². The summed E-state index contributed by atoms with van der Waals surface area (Å²) < 4.78 is 24.4. The Morgan fingerprint density at radius 1 is 1.40 bits per heavy atom. The van der Waals surface area contributed by atoms with Gasteiger partial charge in [0.15, 0.2) is 0 Å². The third kappa shape index (κ3) is 4.76. The quantitative estimate of drug-likeness (QED) is 0.704. The normalized spacial score (nSPS) is 16.1. The Hall–Kier alpha value is -1.13. The van der Waals surface area contributed by atoms with Crippen LogP contribution in [0, 0.1) is 11.7 Å². The summed E-state index contributed by atoms with van der Waals surface area (Å²) in [5, 5.41) is 3.32. The maximum Gasteiger partial charge on any atom is 0.131 e. The molecule has 2 rings (SSSR count). The van der Waals surface area contributed by atoms with Crippen molar-refractivity contribution in [2.45, 2.75) is 32.2 Å². The van der Waals surface area contributed by atoms with E-state index in [-0.39, 0.29) is 11.9 Å². The molecule has 1 aromatic rings. The molecule has 0 saturated heterocycles. The van der Waals surface area contributed by atoms with Gasteiger partial charge in [0.2, 0.25) is 0 Å². The predicted octanol–water partition coefficient (Wildman–Crippen LogP) is 3.30. The molecule has 0 spiro atoms. The van der Waals surface area contributed by atoms with Crippen LogP contribution in [0.15, 0.2) is 18.2 Å². The van der Waals surface area contributed by atoms with Crippen LogP contribution >= 0.6 is 0 Å². The highest BCUT2D eigenvalue weighted by Gasteiger charge is 2.20. The maximum absolute atomic E-state index is 13.9. The van der Waals surface area contributed by atoms with E-state index in [0.717, 1.165) is 32.1 Å². The van der Waals surface area contributed by atoms with Gasteiger partial charge in [-0.2, -0.15) is 0 Å². The number of rotatable bonds is 9. The van der Waals surface area contributed by atoms with Crippen LogP contribution in [-0.4, -0.2) is 26.9 Å². The summed E-state index contributed by atoms with van der Waals surface area (Å²) in [5.41, 5.74) is 0.671. The zero-order valence-corrected chi connectivity index (χ0v) is 12.3. The fraction of sp³-hybridized carbons (Fsp3) is 0.625. The average molecular weight is 281 g/mol. The monoisotopic (exact) mass is 281 g/mol. The molecule has 1 atom stereocenters. The summed E-state index contributed by atoms with van der Waals surface area (Å²) in [6, 6.07) is 4.97. The number of hydrogen-bond donors (Lipinski definition) is 1. The number of halogens is 1. The van der Waals surface area contributed by atoms with E-state index >= 15 is 0 Å². The summed E-state index contributed by atoms with van der Waals surface area (Å²) in [7, 11) is 1.54. The van der Waals surface area contributed by atoms with Gasteiger partial charge in [0.1, 0.15) is 11.6 Å². The molecule has 0 aliphatic heterocycles. The Kier molecular flexibility index (Phi) is 5.80. The average Bonchev–Trinajstić information content (AvgIpc) is 3.26. The van der Waals surface area contributed by atoms with Crippen molar-refractivity contribution < 1.29 is 13.9 Å². The number of ether oxygens (including phenoxy) is 2.